The quantitative estimate of drug-likeness (QED) is 0.179. The fraction of sp³-hybridized carbons (Fsp3) is 0. The predicted octanol–water partition coefficient (Wildman–Crippen LogP) is 13.6. The number of thiophene rings is 1. The number of hydrogen-bond donors (Lipinski definition) is 0. The van der Waals surface area contributed by atoms with Gasteiger partial charge in [0.1, 0.15) is 11.2 Å². The normalized spacial score (nSPS) is 11.7. The van der Waals surface area contributed by atoms with Crippen LogP contribution in [-0.2, 0) is 0 Å². The molecule has 11 aromatic rings. The summed E-state index contributed by atoms with van der Waals surface area (Å²) in [4.78, 5) is 15.5. The molecule has 252 valence electrons. The second-order valence-corrected chi connectivity index (χ2v) is 14.6. The summed E-state index contributed by atoms with van der Waals surface area (Å²) in [7, 11) is 0. The molecule has 0 atom stereocenters. The van der Waals surface area contributed by atoms with E-state index in [-0.39, 0.29) is 0 Å². The highest BCUT2D eigenvalue weighted by Gasteiger charge is 2.19. The van der Waals surface area contributed by atoms with Crippen LogP contribution in [0.1, 0.15) is 0 Å². The topological polar surface area (TPSA) is 51.8 Å². The summed E-state index contributed by atoms with van der Waals surface area (Å²) in [6, 6.07) is 61.5. The van der Waals surface area contributed by atoms with Crippen molar-refractivity contribution < 1.29 is 4.42 Å². The zero-order chi connectivity index (χ0) is 35.6. The third-order valence-corrected chi connectivity index (χ3v) is 11.6. The first-order valence-corrected chi connectivity index (χ1v) is 18.8. The number of hydrogen-bond acceptors (Lipinski definition) is 5. The molecule has 0 fully saturated rings. The van der Waals surface area contributed by atoms with E-state index in [1.807, 2.05) is 41.7 Å². The summed E-state index contributed by atoms with van der Waals surface area (Å²) in [5.74, 6) is 1.82. The number of para-hydroxylation sites is 1. The van der Waals surface area contributed by atoms with Crippen molar-refractivity contribution in [1.82, 2.24) is 15.0 Å². The van der Waals surface area contributed by atoms with Gasteiger partial charge >= 0.3 is 0 Å². The van der Waals surface area contributed by atoms with Gasteiger partial charge in [0.05, 0.1) is 0 Å². The van der Waals surface area contributed by atoms with Crippen molar-refractivity contribution in [1.29, 1.82) is 0 Å². The molecule has 8 aromatic carbocycles. The van der Waals surface area contributed by atoms with E-state index < -0.39 is 0 Å². The van der Waals surface area contributed by atoms with Crippen LogP contribution in [0.15, 0.2) is 180 Å². The molecular weight excluding hydrogens is 679 g/mol. The van der Waals surface area contributed by atoms with Crippen LogP contribution in [-0.4, -0.2) is 15.0 Å². The van der Waals surface area contributed by atoms with Crippen molar-refractivity contribution in [2.75, 3.05) is 0 Å². The monoisotopic (exact) mass is 707 g/mol. The van der Waals surface area contributed by atoms with Gasteiger partial charge in [-0.2, -0.15) is 0 Å². The molecular formula is C49H29N3OS. The fourth-order valence-electron chi connectivity index (χ4n) is 7.75. The summed E-state index contributed by atoms with van der Waals surface area (Å²) in [5.41, 5.74) is 9.12. The van der Waals surface area contributed by atoms with Crippen LogP contribution in [0.25, 0.3) is 109 Å². The molecule has 0 saturated carbocycles. The molecule has 0 aliphatic rings. The van der Waals surface area contributed by atoms with E-state index in [4.69, 9.17) is 19.4 Å². The van der Waals surface area contributed by atoms with Crippen molar-refractivity contribution in [2.45, 2.75) is 0 Å². The Bertz CT molecular complexity index is 3220. The molecule has 5 heteroatoms. The van der Waals surface area contributed by atoms with Gasteiger partial charge in [-0.3, -0.25) is 0 Å². The van der Waals surface area contributed by atoms with Crippen LogP contribution in [0.3, 0.4) is 0 Å². The number of fused-ring (bicyclic) bond motifs is 7. The molecule has 54 heavy (non-hydrogen) atoms. The Labute approximate surface area is 314 Å². The van der Waals surface area contributed by atoms with Gasteiger partial charge in [0.25, 0.3) is 0 Å². The molecule has 0 saturated heterocycles. The second kappa shape index (κ2) is 12.3. The summed E-state index contributed by atoms with van der Waals surface area (Å²) in [5, 5.41) is 6.97. The number of rotatable bonds is 5. The molecule has 0 bridgehead atoms. The largest absolute Gasteiger partial charge is 0.456 e. The molecule has 0 spiro atoms. The highest BCUT2D eigenvalue weighted by atomic mass is 32.1. The first kappa shape index (κ1) is 30.7. The molecule has 0 unspecified atom stereocenters. The van der Waals surface area contributed by atoms with E-state index in [1.54, 1.807) is 0 Å². The molecule has 0 amide bonds. The Kier molecular flexibility index (Phi) is 7.00. The lowest BCUT2D eigenvalue weighted by molar-refractivity contribution is 0.669. The van der Waals surface area contributed by atoms with Gasteiger partial charge in [-0.05, 0) is 57.8 Å². The van der Waals surface area contributed by atoms with E-state index >= 15 is 0 Å². The standard InChI is InChI=1S/C49H29N3OS/c1-2-11-30(12-3-1)31-21-23-32(24-22-31)47-50-48(33-25-26-38-37-15-6-8-19-43(37)53-44(38)29-33)52-49(51-47)42-28-27-36(34-13-4-5-14-35(34)42)40-17-10-18-41-39-16-7-9-20-45(39)54-46(40)41/h1-29H. The van der Waals surface area contributed by atoms with Crippen LogP contribution in [0.5, 0.6) is 0 Å². The number of aromatic nitrogens is 3. The minimum absolute atomic E-state index is 0.590. The Morgan fingerprint density at radius 1 is 0.333 bits per heavy atom. The summed E-state index contributed by atoms with van der Waals surface area (Å²) >= 11 is 1.85. The smallest absolute Gasteiger partial charge is 0.164 e. The van der Waals surface area contributed by atoms with Crippen LogP contribution in [0, 0.1) is 0 Å². The third-order valence-electron chi connectivity index (χ3n) is 10.4. The zero-order valence-electron chi connectivity index (χ0n) is 28.9. The van der Waals surface area contributed by atoms with E-state index in [9.17, 15) is 0 Å². The maximum absolute atomic E-state index is 6.29. The molecule has 3 aromatic heterocycles. The van der Waals surface area contributed by atoms with E-state index in [0.717, 1.165) is 60.5 Å². The second-order valence-electron chi connectivity index (χ2n) is 13.5. The highest BCUT2D eigenvalue weighted by Crippen LogP contribution is 2.43. The van der Waals surface area contributed by atoms with Crippen LogP contribution in [0.2, 0.25) is 0 Å². The van der Waals surface area contributed by atoms with Crippen LogP contribution >= 0.6 is 11.3 Å². The van der Waals surface area contributed by atoms with Gasteiger partial charge in [0.15, 0.2) is 17.5 Å². The Hall–Kier alpha value is -6.95. The lowest BCUT2D eigenvalue weighted by atomic mass is 9.94. The van der Waals surface area contributed by atoms with Gasteiger partial charge in [0, 0.05) is 53.2 Å². The molecule has 0 aliphatic heterocycles. The average Bonchev–Trinajstić information content (AvgIpc) is 3.82. The third kappa shape index (κ3) is 5.01. The number of benzene rings is 8. The van der Waals surface area contributed by atoms with E-state index in [1.165, 1.54) is 31.3 Å². The number of furan rings is 1. The molecule has 3 heterocycles. The maximum atomic E-state index is 6.29. The van der Waals surface area contributed by atoms with Crippen LogP contribution in [0.4, 0.5) is 0 Å². The predicted molar refractivity (Wildman–Crippen MR) is 225 cm³/mol. The molecule has 0 N–H and O–H groups in total. The highest BCUT2D eigenvalue weighted by molar-refractivity contribution is 7.26. The Morgan fingerprint density at radius 2 is 0.907 bits per heavy atom. The van der Waals surface area contributed by atoms with Crippen molar-refractivity contribution >= 4 is 64.2 Å². The van der Waals surface area contributed by atoms with Crippen molar-refractivity contribution in [3.8, 4) is 56.4 Å². The molecule has 0 aliphatic carbocycles. The average molecular weight is 708 g/mol. The first-order valence-electron chi connectivity index (χ1n) is 18.0. The zero-order valence-corrected chi connectivity index (χ0v) is 29.7. The lowest BCUT2D eigenvalue weighted by Crippen LogP contribution is -2.01. The maximum Gasteiger partial charge on any atom is 0.164 e. The van der Waals surface area contributed by atoms with Crippen LogP contribution < -0.4 is 0 Å². The summed E-state index contributed by atoms with van der Waals surface area (Å²) in [6.07, 6.45) is 0. The fourth-order valence-corrected chi connectivity index (χ4v) is 8.98. The Morgan fingerprint density at radius 3 is 1.74 bits per heavy atom. The van der Waals surface area contributed by atoms with Crippen molar-refractivity contribution in [3.05, 3.63) is 176 Å². The van der Waals surface area contributed by atoms with Gasteiger partial charge in [0.2, 0.25) is 0 Å². The summed E-state index contributed by atoms with van der Waals surface area (Å²) < 4.78 is 8.88. The molecule has 11 rings (SSSR count). The van der Waals surface area contributed by atoms with Crippen molar-refractivity contribution in [2.24, 2.45) is 0 Å². The summed E-state index contributed by atoms with van der Waals surface area (Å²) in [6.45, 7) is 0. The minimum Gasteiger partial charge on any atom is -0.456 e. The van der Waals surface area contributed by atoms with Gasteiger partial charge in [-0.1, -0.05) is 146 Å². The lowest BCUT2D eigenvalue weighted by Gasteiger charge is -2.14. The molecule has 0 radical (unpaired) electrons. The van der Waals surface area contributed by atoms with E-state index in [2.05, 4.69) is 146 Å². The first-order chi connectivity index (χ1) is 26.7. The van der Waals surface area contributed by atoms with Gasteiger partial charge < -0.3 is 4.42 Å². The Balaban J connectivity index is 1.10. The SMILES string of the molecule is c1ccc(-c2ccc(-c3nc(-c4ccc5c(c4)oc4ccccc45)nc(-c4ccc(-c5cccc6c5sc5ccccc56)c5ccccc45)n3)cc2)cc1. The van der Waals surface area contributed by atoms with E-state index in [0.29, 0.717) is 17.5 Å². The van der Waals surface area contributed by atoms with Gasteiger partial charge in [-0.25, -0.2) is 15.0 Å². The molecule has 4 nitrogen and oxygen atoms in total. The minimum atomic E-state index is 0.590. The van der Waals surface area contributed by atoms with Gasteiger partial charge in [-0.15, -0.1) is 11.3 Å². The van der Waals surface area contributed by atoms with Crippen molar-refractivity contribution in [3.63, 3.8) is 0 Å². The number of nitrogens with zero attached hydrogens (tertiary/aromatic N) is 3.